The molecular formula is C12H16N2O3. The maximum atomic E-state index is 11.2. The zero-order valence-corrected chi connectivity index (χ0v) is 9.52. The molecule has 0 fully saturated rings. The van der Waals surface area contributed by atoms with E-state index in [-0.39, 0.29) is 12.0 Å². The van der Waals surface area contributed by atoms with Gasteiger partial charge in [0.1, 0.15) is 12.7 Å². The molecule has 0 aliphatic carbocycles. The SMILES string of the molecule is NCCC(=O)NCC1COc2ccccc2O1. The third-order valence-electron chi connectivity index (χ3n) is 2.47. The predicted molar refractivity (Wildman–Crippen MR) is 63.0 cm³/mol. The topological polar surface area (TPSA) is 73.6 Å². The summed E-state index contributed by atoms with van der Waals surface area (Å²) in [5, 5.41) is 2.76. The minimum atomic E-state index is -0.147. The Labute approximate surface area is 99.9 Å². The van der Waals surface area contributed by atoms with E-state index in [1.54, 1.807) is 0 Å². The maximum Gasteiger partial charge on any atom is 0.221 e. The van der Waals surface area contributed by atoms with Gasteiger partial charge in [0.2, 0.25) is 5.91 Å². The van der Waals surface area contributed by atoms with Crippen molar-refractivity contribution in [3.05, 3.63) is 24.3 Å². The lowest BCUT2D eigenvalue weighted by molar-refractivity contribution is -0.121. The molecule has 1 aromatic carbocycles. The van der Waals surface area contributed by atoms with Gasteiger partial charge in [-0.2, -0.15) is 0 Å². The number of benzene rings is 1. The zero-order valence-electron chi connectivity index (χ0n) is 9.52. The molecule has 0 bridgehead atoms. The van der Waals surface area contributed by atoms with Gasteiger partial charge in [-0.1, -0.05) is 12.1 Å². The summed E-state index contributed by atoms with van der Waals surface area (Å²) in [6.07, 6.45) is 0.191. The lowest BCUT2D eigenvalue weighted by atomic mass is 10.2. The molecule has 0 saturated carbocycles. The highest BCUT2D eigenvalue weighted by Gasteiger charge is 2.20. The number of para-hydroxylation sites is 2. The Bertz CT molecular complexity index is 395. The fraction of sp³-hybridized carbons (Fsp3) is 0.417. The molecule has 1 aliphatic heterocycles. The monoisotopic (exact) mass is 236 g/mol. The van der Waals surface area contributed by atoms with Crippen LogP contribution in [0.1, 0.15) is 6.42 Å². The van der Waals surface area contributed by atoms with Gasteiger partial charge in [-0.05, 0) is 12.1 Å². The number of fused-ring (bicyclic) bond motifs is 1. The van der Waals surface area contributed by atoms with Crippen molar-refractivity contribution in [3.63, 3.8) is 0 Å². The summed E-state index contributed by atoms with van der Waals surface area (Å²) in [5.74, 6) is 1.41. The number of hydrogen-bond acceptors (Lipinski definition) is 4. The van der Waals surface area contributed by atoms with Crippen LogP contribution in [-0.4, -0.2) is 31.7 Å². The van der Waals surface area contributed by atoms with Crippen LogP contribution in [0.2, 0.25) is 0 Å². The molecule has 1 aromatic rings. The van der Waals surface area contributed by atoms with E-state index in [1.165, 1.54) is 0 Å². The van der Waals surface area contributed by atoms with Crippen molar-refractivity contribution in [2.24, 2.45) is 5.73 Å². The Morgan fingerprint density at radius 1 is 1.41 bits per heavy atom. The number of amides is 1. The summed E-state index contributed by atoms with van der Waals surface area (Å²) < 4.78 is 11.2. The highest BCUT2D eigenvalue weighted by molar-refractivity contribution is 5.76. The van der Waals surface area contributed by atoms with Crippen LogP contribution in [-0.2, 0) is 4.79 Å². The first-order valence-electron chi connectivity index (χ1n) is 5.65. The second-order valence-electron chi connectivity index (χ2n) is 3.84. The Morgan fingerprint density at radius 2 is 2.18 bits per heavy atom. The minimum Gasteiger partial charge on any atom is -0.486 e. The van der Waals surface area contributed by atoms with Gasteiger partial charge in [0.05, 0.1) is 6.54 Å². The summed E-state index contributed by atoms with van der Waals surface area (Å²) >= 11 is 0. The molecular weight excluding hydrogens is 220 g/mol. The number of ether oxygens (including phenoxy) is 2. The van der Waals surface area contributed by atoms with Gasteiger partial charge in [-0.15, -0.1) is 0 Å². The van der Waals surface area contributed by atoms with Crippen LogP contribution in [0.5, 0.6) is 11.5 Å². The van der Waals surface area contributed by atoms with Crippen LogP contribution < -0.4 is 20.5 Å². The maximum absolute atomic E-state index is 11.2. The van der Waals surface area contributed by atoms with E-state index >= 15 is 0 Å². The normalized spacial score (nSPS) is 17.6. The van der Waals surface area contributed by atoms with Gasteiger partial charge >= 0.3 is 0 Å². The second kappa shape index (κ2) is 5.54. The quantitative estimate of drug-likeness (QED) is 0.788. The van der Waals surface area contributed by atoms with Crippen molar-refractivity contribution in [2.45, 2.75) is 12.5 Å². The summed E-state index contributed by atoms with van der Waals surface area (Å²) in [4.78, 5) is 11.2. The van der Waals surface area contributed by atoms with Crippen LogP contribution in [0.4, 0.5) is 0 Å². The molecule has 0 aromatic heterocycles. The van der Waals surface area contributed by atoms with Crippen molar-refractivity contribution in [2.75, 3.05) is 19.7 Å². The molecule has 1 heterocycles. The van der Waals surface area contributed by atoms with Crippen LogP contribution >= 0.6 is 0 Å². The van der Waals surface area contributed by atoms with Crippen LogP contribution in [0.15, 0.2) is 24.3 Å². The molecule has 1 unspecified atom stereocenters. The average Bonchev–Trinajstić information content (AvgIpc) is 2.36. The summed E-state index contributed by atoms with van der Waals surface area (Å²) in [7, 11) is 0. The molecule has 0 spiro atoms. The van der Waals surface area contributed by atoms with E-state index in [2.05, 4.69) is 5.32 Å². The molecule has 5 heteroatoms. The minimum absolute atomic E-state index is 0.0602. The van der Waals surface area contributed by atoms with E-state index in [9.17, 15) is 4.79 Å². The van der Waals surface area contributed by atoms with Gasteiger partial charge in [0.15, 0.2) is 11.5 Å². The van der Waals surface area contributed by atoms with E-state index < -0.39 is 0 Å². The van der Waals surface area contributed by atoms with Crippen molar-refractivity contribution in [3.8, 4) is 11.5 Å². The van der Waals surface area contributed by atoms with Gasteiger partial charge < -0.3 is 20.5 Å². The second-order valence-corrected chi connectivity index (χ2v) is 3.84. The molecule has 1 atom stereocenters. The Balaban J connectivity index is 1.84. The Kier molecular flexibility index (Phi) is 3.82. The third kappa shape index (κ3) is 3.10. The fourth-order valence-corrected chi connectivity index (χ4v) is 1.61. The van der Waals surface area contributed by atoms with Gasteiger partial charge in [0.25, 0.3) is 0 Å². The highest BCUT2D eigenvalue weighted by Crippen LogP contribution is 2.30. The molecule has 1 amide bonds. The Morgan fingerprint density at radius 3 is 2.94 bits per heavy atom. The van der Waals surface area contributed by atoms with Gasteiger partial charge in [0, 0.05) is 13.0 Å². The number of nitrogens with one attached hydrogen (secondary N) is 1. The standard InChI is InChI=1S/C12H16N2O3/c13-6-5-12(15)14-7-9-8-16-10-3-1-2-4-11(10)17-9/h1-4,9H,5-8,13H2,(H,14,15). The summed E-state index contributed by atoms with van der Waals surface area (Å²) in [6.45, 7) is 1.24. The molecule has 3 N–H and O–H groups in total. The van der Waals surface area contributed by atoms with Crippen molar-refractivity contribution in [1.29, 1.82) is 0 Å². The molecule has 5 nitrogen and oxygen atoms in total. The van der Waals surface area contributed by atoms with Crippen molar-refractivity contribution in [1.82, 2.24) is 5.32 Å². The van der Waals surface area contributed by atoms with Crippen LogP contribution in [0.3, 0.4) is 0 Å². The molecule has 2 rings (SSSR count). The number of hydrogen-bond donors (Lipinski definition) is 2. The number of nitrogens with two attached hydrogens (primary N) is 1. The number of rotatable bonds is 4. The average molecular weight is 236 g/mol. The first kappa shape index (κ1) is 11.7. The van der Waals surface area contributed by atoms with E-state index in [0.717, 1.165) is 11.5 Å². The molecule has 17 heavy (non-hydrogen) atoms. The molecule has 92 valence electrons. The summed E-state index contributed by atoms with van der Waals surface area (Å²) in [6, 6.07) is 7.49. The van der Waals surface area contributed by atoms with E-state index in [4.69, 9.17) is 15.2 Å². The van der Waals surface area contributed by atoms with Crippen LogP contribution in [0.25, 0.3) is 0 Å². The smallest absolute Gasteiger partial charge is 0.221 e. The lowest BCUT2D eigenvalue weighted by Crippen LogP contribution is -2.41. The number of carbonyl (C=O) groups is 1. The largest absolute Gasteiger partial charge is 0.486 e. The van der Waals surface area contributed by atoms with Gasteiger partial charge in [-0.3, -0.25) is 4.79 Å². The van der Waals surface area contributed by atoms with Crippen LogP contribution in [0, 0.1) is 0 Å². The van der Waals surface area contributed by atoms with Gasteiger partial charge in [-0.25, -0.2) is 0 Å². The summed E-state index contributed by atoms with van der Waals surface area (Å²) in [5.41, 5.74) is 5.28. The predicted octanol–water partition coefficient (Wildman–Crippen LogP) is 0.291. The Hall–Kier alpha value is -1.75. The zero-order chi connectivity index (χ0) is 12.1. The first-order valence-corrected chi connectivity index (χ1v) is 5.65. The molecule has 0 radical (unpaired) electrons. The van der Waals surface area contributed by atoms with E-state index in [0.29, 0.717) is 26.1 Å². The van der Waals surface area contributed by atoms with E-state index in [1.807, 2.05) is 24.3 Å². The first-order chi connectivity index (χ1) is 8.29. The molecule has 0 saturated heterocycles. The number of carbonyl (C=O) groups excluding carboxylic acids is 1. The third-order valence-corrected chi connectivity index (χ3v) is 2.47. The van der Waals surface area contributed by atoms with Crippen molar-refractivity contribution >= 4 is 5.91 Å². The van der Waals surface area contributed by atoms with Crippen molar-refractivity contribution < 1.29 is 14.3 Å². The lowest BCUT2D eigenvalue weighted by Gasteiger charge is -2.26. The highest BCUT2D eigenvalue weighted by atomic mass is 16.6. The molecule has 1 aliphatic rings. The fourth-order valence-electron chi connectivity index (χ4n) is 1.61.